The number of aromatic hydroxyl groups is 1. The highest BCUT2D eigenvalue weighted by Gasteiger charge is 2.09. The first-order chi connectivity index (χ1) is 6.06. The molecule has 0 spiro atoms. The Morgan fingerprint density at radius 1 is 1.46 bits per heavy atom. The molecule has 1 atom stereocenters. The molecule has 0 amide bonds. The van der Waals surface area contributed by atoms with E-state index in [0.29, 0.717) is 5.75 Å². The van der Waals surface area contributed by atoms with Gasteiger partial charge in [-0.15, -0.1) is 0 Å². The summed E-state index contributed by atoms with van der Waals surface area (Å²) >= 11 is 0. The third-order valence-electron chi connectivity index (χ3n) is 2.29. The molecule has 13 heavy (non-hydrogen) atoms. The summed E-state index contributed by atoms with van der Waals surface area (Å²) in [5, 5.41) is 9.71. The summed E-state index contributed by atoms with van der Waals surface area (Å²) in [6.45, 7) is 5.88. The Kier molecular flexibility index (Phi) is 2.94. The minimum absolute atomic E-state index is 0.106. The van der Waals surface area contributed by atoms with E-state index < -0.39 is 0 Å². The highest BCUT2D eigenvalue weighted by Crippen LogP contribution is 2.28. The fourth-order valence-electron chi connectivity index (χ4n) is 1.44. The van der Waals surface area contributed by atoms with E-state index in [-0.39, 0.29) is 6.04 Å². The Hall–Kier alpha value is -1.02. The molecule has 0 fully saturated rings. The van der Waals surface area contributed by atoms with Gasteiger partial charge >= 0.3 is 0 Å². The minimum Gasteiger partial charge on any atom is -0.507 e. The van der Waals surface area contributed by atoms with E-state index in [9.17, 15) is 5.11 Å². The zero-order valence-electron chi connectivity index (χ0n) is 8.46. The van der Waals surface area contributed by atoms with Gasteiger partial charge in [0.2, 0.25) is 0 Å². The van der Waals surface area contributed by atoms with Crippen molar-refractivity contribution in [2.24, 2.45) is 5.73 Å². The molecule has 2 heteroatoms. The fourth-order valence-corrected chi connectivity index (χ4v) is 1.44. The number of phenolic OH excluding ortho intramolecular Hbond substituents is 1. The van der Waals surface area contributed by atoms with Gasteiger partial charge in [-0.25, -0.2) is 0 Å². The molecular weight excluding hydrogens is 162 g/mol. The smallest absolute Gasteiger partial charge is 0.123 e. The lowest BCUT2D eigenvalue weighted by atomic mass is 9.99. The fraction of sp³-hybridized carbons (Fsp3) is 0.455. The van der Waals surface area contributed by atoms with Gasteiger partial charge in [-0.05, 0) is 31.4 Å². The second-order valence-corrected chi connectivity index (χ2v) is 3.49. The maximum atomic E-state index is 9.71. The average molecular weight is 179 g/mol. The van der Waals surface area contributed by atoms with Crippen molar-refractivity contribution in [3.63, 3.8) is 0 Å². The molecule has 0 saturated carbocycles. The first kappa shape index (κ1) is 10.1. The van der Waals surface area contributed by atoms with Crippen LogP contribution in [0.3, 0.4) is 0 Å². The lowest BCUT2D eigenvalue weighted by Gasteiger charge is -2.12. The number of aryl methyl sites for hydroxylation is 2. The molecule has 0 aliphatic heterocycles. The zero-order valence-corrected chi connectivity index (χ0v) is 8.46. The number of phenols is 1. The number of benzene rings is 1. The van der Waals surface area contributed by atoms with Crippen LogP contribution in [0.15, 0.2) is 12.1 Å². The van der Waals surface area contributed by atoms with Gasteiger partial charge in [0.1, 0.15) is 5.75 Å². The van der Waals surface area contributed by atoms with E-state index in [1.807, 2.05) is 26.0 Å². The average Bonchev–Trinajstić information content (AvgIpc) is 2.09. The van der Waals surface area contributed by atoms with Crippen molar-refractivity contribution < 1.29 is 5.11 Å². The summed E-state index contributed by atoms with van der Waals surface area (Å²) in [7, 11) is 0. The molecule has 1 unspecified atom stereocenters. The first-order valence-corrected chi connectivity index (χ1v) is 4.64. The van der Waals surface area contributed by atoms with E-state index >= 15 is 0 Å². The maximum absolute atomic E-state index is 9.71. The number of hydrogen-bond donors (Lipinski definition) is 2. The van der Waals surface area contributed by atoms with Gasteiger partial charge in [-0.1, -0.05) is 19.1 Å². The van der Waals surface area contributed by atoms with E-state index in [1.54, 1.807) is 0 Å². The molecular formula is C11H17NO. The summed E-state index contributed by atoms with van der Waals surface area (Å²) in [5.41, 5.74) is 8.72. The van der Waals surface area contributed by atoms with Gasteiger partial charge in [-0.2, -0.15) is 0 Å². The zero-order chi connectivity index (χ0) is 10.0. The number of nitrogens with two attached hydrogens (primary N) is 1. The van der Waals surface area contributed by atoms with Crippen molar-refractivity contribution in [2.75, 3.05) is 0 Å². The monoisotopic (exact) mass is 179 g/mol. The van der Waals surface area contributed by atoms with Crippen molar-refractivity contribution in [1.82, 2.24) is 0 Å². The predicted molar refractivity (Wildman–Crippen MR) is 54.8 cm³/mol. The third kappa shape index (κ3) is 2.01. The van der Waals surface area contributed by atoms with E-state index in [2.05, 4.69) is 6.92 Å². The summed E-state index contributed by atoms with van der Waals surface area (Å²) < 4.78 is 0. The summed E-state index contributed by atoms with van der Waals surface area (Å²) in [5.74, 6) is 0.340. The molecule has 0 aliphatic rings. The Labute approximate surface area is 79.4 Å². The third-order valence-corrected chi connectivity index (χ3v) is 2.29. The Morgan fingerprint density at radius 3 is 2.54 bits per heavy atom. The van der Waals surface area contributed by atoms with Gasteiger partial charge in [0.15, 0.2) is 0 Å². The molecule has 0 heterocycles. The standard InChI is InChI=1S/C11H17NO/c1-4-9-5-7(2)11(13)10(6-9)8(3)12/h5-6,8,13H,4,12H2,1-3H3. The molecule has 0 aliphatic carbocycles. The van der Waals surface area contributed by atoms with Crippen molar-refractivity contribution in [1.29, 1.82) is 0 Å². The molecule has 0 saturated heterocycles. The van der Waals surface area contributed by atoms with Gasteiger partial charge < -0.3 is 10.8 Å². The first-order valence-electron chi connectivity index (χ1n) is 4.64. The molecule has 72 valence electrons. The molecule has 3 N–H and O–H groups in total. The molecule has 0 bridgehead atoms. The Morgan fingerprint density at radius 2 is 2.08 bits per heavy atom. The number of rotatable bonds is 2. The van der Waals surface area contributed by atoms with Crippen LogP contribution in [0, 0.1) is 6.92 Å². The minimum atomic E-state index is -0.106. The Bertz CT molecular complexity index is 305. The summed E-state index contributed by atoms with van der Waals surface area (Å²) in [4.78, 5) is 0. The SMILES string of the molecule is CCc1cc(C)c(O)c(C(C)N)c1. The van der Waals surface area contributed by atoms with Crippen molar-refractivity contribution in [3.05, 3.63) is 28.8 Å². The van der Waals surface area contributed by atoms with Crippen LogP contribution in [0.25, 0.3) is 0 Å². The topological polar surface area (TPSA) is 46.2 Å². The van der Waals surface area contributed by atoms with Crippen molar-refractivity contribution in [3.8, 4) is 5.75 Å². The van der Waals surface area contributed by atoms with Crippen LogP contribution in [-0.4, -0.2) is 5.11 Å². The highest BCUT2D eigenvalue weighted by molar-refractivity contribution is 5.44. The maximum Gasteiger partial charge on any atom is 0.123 e. The van der Waals surface area contributed by atoms with Crippen LogP contribution >= 0.6 is 0 Å². The Balaban J connectivity index is 3.25. The summed E-state index contributed by atoms with van der Waals surface area (Å²) in [6, 6.07) is 3.87. The van der Waals surface area contributed by atoms with Gasteiger partial charge in [0, 0.05) is 11.6 Å². The van der Waals surface area contributed by atoms with E-state index in [0.717, 1.165) is 17.5 Å². The predicted octanol–water partition coefficient (Wildman–Crippen LogP) is 2.28. The molecule has 2 nitrogen and oxygen atoms in total. The normalized spacial score (nSPS) is 12.9. The van der Waals surface area contributed by atoms with Crippen LogP contribution in [0.5, 0.6) is 5.75 Å². The van der Waals surface area contributed by atoms with Crippen LogP contribution in [-0.2, 0) is 6.42 Å². The van der Waals surface area contributed by atoms with E-state index in [1.165, 1.54) is 5.56 Å². The van der Waals surface area contributed by atoms with Crippen molar-refractivity contribution >= 4 is 0 Å². The second-order valence-electron chi connectivity index (χ2n) is 3.49. The second kappa shape index (κ2) is 3.79. The van der Waals surface area contributed by atoms with Crippen LogP contribution < -0.4 is 5.73 Å². The molecule has 0 aromatic heterocycles. The van der Waals surface area contributed by atoms with Crippen LogP contribution in [0.4, 0.5) is 0 Å². The van der Waals surface area contributed by atoms with Gasteiger partial charge in [-0.3, -0.25) is 0 Å². The van der Waals surface area contributed by atoms with Crippen molar-refractivity contribution in [2.45, 2.75) is 33.2 Å². The molecule has 1 aromatic carbocycles. The number of hydrogen-bond acceptors (Lipinski definition) is 2. The molecule has 0 radical (unpaired) electrons. The van der Waals surface area contributed by atoms with Crippen LogP contribution in [0.2, 0.25) is 0 Å². The molecule has 1 aromatic rings. The lowest BCUT2D eigenvalue weighted by Crippen LogP contribution is -2.06. The highest BCUT2D eigenvalue weighted by atomic mass is 16.3. The van der Waals surface area contributed by atoms with Crippen LogP contribution in [0.1, 0.15) is 36.6 Å². The van der Waals surface area contributed by atoms with Gasteiger partial charge in [0.05, 0.1) is 0 Å². The largest absolute Gasteiger partial charge is 0.507 e. The quantitative estimate of drug-likeness (QED) is 0.731. The molecule has 1 rings (SSSR count). The lowest BCUT2D eigenvalue weighted by molar-refractivity contribution is 0.459. The summed E-state index contributed by atoms with van der Waals surface area (Å²) in [6.07, 6.45) is 0.973. The van der Waals surface area contributed by atoms with E-state index in [4.69, 9.17) is 5.73 Å². The van der Waals surface area contributed by atoms with Gasteiger partial charge in [0.25, 0.3) is 0 Å².